The Labute approximate surface area is 191 Å². The lowest BCUT2D eigenvalue weighted by Crippen LogP contribution is -2.28. The van der Waals surface area contributed by atoms with Crippen LogP contribution in [0.25, 0.3) is 0 Å². The number of thiophene rings is 1. The minimum absolute atomic E-state index is 0.0284. The molecule has 1 aliphatic carbocycles. The number of carbonyl (C=O) groups excluding carboxylic acids is 2. The third-order valence-electron chi connectivity index (χ3n) is 5.16. The first kappa shape index (κ1) is 22.2. The van der Waals surface area contributed by atoms with Crippen LogP contribution >= 0.6 is 11.3 Å². The number of hydrogen-bond donors (Lipinski definition) is 1. The number of ketones is 1. The number of carbonyl (C=O) groups is 2. The van der Waals surface area contributed by atoms with E-state index in [4.69, 9.17) is 4.74 Å². The zero-order chi connectivity index (χ0) is 23.1. The van der Waals surface area contributed by atoms with Crippen LogP contribution < -0.4 is 10.1 Å². The molecule has 0 fully saturated rings. The van der Waals surface area contributed by atoms with E-state index in [2.05, 4.69) is 5.32 Å². The molecule has 0 spiro atoms. The van der Waals surface area contributed by atoms with Crippen molar-refractivity contribution in [2.45, 2.75) is 30.9 Å². The zero-order valence-corrected chi connectivity index (χ0v) is 19.6. The number of Topliss-reactive ketones (excluding diaryl/α,β-unsaturated/α-hetero) is 1. The summed E-state index contributed by atoms with van der Waals surface area (Å²) in [6, 6.07) is 16.2. The lowest BCUT2D eigenvalue weighted by Gasteiger charge is -2.29. The molecule has 32 heavy (non-hydrogen) atoms. The van der Waals surface area contributed by atoms with E-state index in [9.17, 15) is 18.0 Å². The van der Waals surface area contributed by atoms with Crippen LogP contribution in [-0.2, 0) is 16.3 Å². The molecule has 166 valence electrons. The Kier molecular flexibility index (Phi) is 5.68. The van der Waals surface area contributed by atoms with E-state index in [1.165, 1.54) is 0 Å². The summed E-state index contributed by atoms with van der Waals surface area (Å²) in [5, 5.41) is 2.83. The van der Waals surface area contributed by atoms with Crippen LogP contribution in [0.2, 0.25) is 0 Å². The first-order chi connectivity index (χ1) is 15.0. The fourth-order valence-corrected chi connectivity index (χ4v) is 6.28. The van der Waals surface area contributed by atoms with Gasteiger partial charge in [0.15, 0.2) is 15.6 Å². The van der Waals surface area contributed by atoms with Gasteiger partial charge in [-0.3, -0.25) is 9.59 Å². The molecule has 1 heterocycles. The number of nitrogens with one attached hydrogen (secondary N) is 1. The monoisotopic (exact) mass is 469 g/mol. The van der Waals surface area contributed by atoms with Crippen molar-refractivity contribution in [2.75, 3.05) is 11.6 Å². The van der Waals surface area contributed by atoms with Gasteiger partial charge >= 0.3 is 0 Å². The highest BCUT2D eigenvalue weighted by Gasteiger charge is 2.39. The topological polar surface area (TPSA) is 89.5 Å². The van der Waals surface area contributed by atoms with Crippen molar-refractivity contribution in [1.29, 1.82) is 0 Å². The van der Waals surface area contributed by atoms with Crippen LogP contribution in [0, 0.1) is 5.41 Å². The molecule has 4 rings (SSSR count). The number of fused-ring (bicyclic) bond motifs is 1. The Morgan fingerprint density at radius 2 is 1.72 bits per heavy atom. The Balaban J connectivity index is 1.66. The van der Waals surface area contributed by atoms with Gasteiger partial charge in [-0.15, -0.1) is 11.3 Å². The summed E-state index contributed by atoms with van der Waals surface area (Å²) < 4.78 is 30.5. The minimum atomic E-state index is -3.64. The number of ether oxygens (including phenoxy) is 1. The minimum Gasteiger partial charge on any atom is -0.457 e. The maximum Gasteiger partial charge on any atom is 0.266 e. The fraction of sp³-hybridized carbons (Fsp3) is 0.250. The number of rotatable bonds is 5. The third-order valence-corrected chi connectivity index (χ3v) is 8.22. The van der Waals surface area contributed by atoms with Crippen molar-refractivity contribution in [3.8, 4) is 11.5 Å². The maximum atomic E-state index is 13.2. The van der Waals surface area contributed by atoms with Gasteiger partial charge < -0.3 is 10.1 Å². The van der Waals surface area contributed by atoms with E-state index >= 15 is 0 Å². The molecular weight excluding hydrogens is 446 g/mol. The molecule has 6 nitrogen and oxygen atoms in total. The highest BCUT2D eigenvalue weighted by molar-refractivity contribution is 7.92. The molecule has 1 N–H and O–H groups in total. The standard InChI is InChI=1S/C24H23NO5S2/c1-24(2)13-18-20(19(26)14-24)23(32(3,28)29)31-21(18)22(27)25-15-8-7-11-17(12-15)30-16-9-5-4-6-10-16/h4-12H,13-14H2,1-3H3,(H,25,27). The van der Waals surface area contributed by atoms with Crippen LogP contribution in [0.5, 0.6) is 11.5 Å². The summed E-state index contributed by atoms with van der Waals surface area (Å²) in [6.07, 6.45) is 1.78. The number of sulfone groups is 1. The van der Waals surface area contributed by atoms with Gasteiger partial charge in [0.2, 0.25) is 0 Å². The average Bonchev–Trinajstić information content (AvgIpc) is 3.08. The van der Waals surface area contributed by atoms with Crippen LogP contribution in [0.4, 0.5) is 5.69 Å². The van der Waals surface area contributed by atoms with Gasteiger partial charge in [0.25, 0.3) is 5.91 Å². The molecule has 1 aromatic heterocycles. The highest BCUT2D eigenvalue weighted by atomic mass is 32.2. The second kappa shape index (κ2) is 8.18. The molecule has 0 saturated heterocycles. The van der Waals surface area contributed by atoms with E-state index in [-0.39, 0.29) is 32.3 Å². The molecule has 8 heteroatoms. The maximum absolute atomic E-state index is 13.2. The number of anilines is 1. The molecule has 0 aliphatic heterocycles. The second-order valence-electron chi connectivity index (χ2n) is 8.68. The molecule has 0 bridgehead atoms. The predicted octanol–water partition coefficient (Wildman–Crippen LogP) is 5.35. The first-order valence-corrected chi connectivity index (χ1v) is 12.8. The number of amides is 1. The van der Waals surface area contributed by atoms with E-state index in [0.717, 1.165) is 17.6 Å². The Hall–Kier alpha value is -2.97. The van der Waals surface area contributed by atoms with Gasteiger partial charge in [-0.2, -0.15) is 0 Å². The van der Waals surface area contributed by atoms with Crippen LogP contribution in [0.3, 0.4) is 0 Å². The highest BCUT2D eigenvalue weighted by Crippen LogP contribution is 2.43. The Morgan fingerprint density at radius 3 is 2.41 bits per heavy atom. The van der Waals surface area contributed by atoms with Crippen molar-refractivity contribution in [1.82, 2.24) is 0 Å². The van der Waals surface area contributed by atoms with Gasteiger partial charge in [-0.1, -0.05) is 38.1 Å². The van der Waals surface area contributed by atoms with Gasteiger partial charge in [-0.05, 0) is 41.7 Å². The van der Waals surface area contributed by atoms with Gasteiger partial charge in [0, 0.05) is 24.4 Å². The number of hydrogen-bond acceptors (Lipinski definition) is 6. The molecule has 0 atom stereocenters. The third kappa shape index (κ3) is 4.61. The molecule has 0 saturated carbocycles. The SMILES string of the molecule is CC1(C)CC(=O)c2c(S(C)(=O)=O)sc(C(=O)Nc3cccc(Oc4ccccc4)c3)c2C1. The van der Waals surface area contributed by atoms with Crippen molar-refractivity contribution in [3.05, 3.63) is 70.6 Å². The smallest absolute Gasteiger partial charge is 0.266 e. The van der Waals surface area contributed by atoms with Crippen molar-refractivity contribution >= 4 is 38.6 Å². The Morgan fingerprint density at radius 1 is 1.03 bits per heavy atom. The van der Waals surface area contributed by atoms with Crippen molar-refractivity contribution in [3.63, 3.8) is 0 Å². The molecule has 0 unspecified atom stereocenters. The molecule has 3 aromatic rings. The number of benzene rings is 2. The average molecular weight is 470 g/mol. The van der Waals surface area contributed by atoms with E-state index in [1.54, 1.807) is 24.3 Å². The first-order valence-electron chi connectivity index (χ1n) is 10.1. The van der Waals surface area contributed by atoms with E-state index in [0.29, 0.717) is 29.2 Å². The van der Waals surface area contributed by atoms with E-state index < -0.39 is 15.7 Å². The van der Waals surface area contributed by atoms with Crippen LogP contribution in [0.15, 0.2) is 58.8 Å². The fourth-order valence-electron chi connectivity index (χ4n) is 3.85. The summed E-state index contributed by atoms with van der Waals surface area (Å²) >= 11 is 0.869. The van der Waals surface area contributed by atoms with E-state index in [1.807, 2.05) is 44.2 Å². The Bertz CT molecular complexity index is 1310. The quantitative estimate of drug-likeness (QED) is 0.544. The summed E-state index contributed by atoms with van der Waals surface area (Å²) in [7, 11) is -3.64. The summed E-state index contributed by atoms with van der Waals surface area (Å²) in [6.45, 7) is 3.88. The van der Waals surface area contributed by atoms with Crippen LogP contribution in [-0.4, -0.2) is 26.4 Å². The zero-order valence-electron chi connectivity index (χ0n) is 18.0. The van der Waals surface area contributed by atoms with Crippen molar-refractivity contribution in [2.24, 2.45) is 5.41 Å². The molecule has 1 amide bonds. The summed E-state index contributed by atoms with van der Waals surface area (Å²) in [4.78, 5) is 26.2. The summed E-state index contributed by atoms with van der Waals surface area (Å²) in [5.74, 6) is 0.547. The molecule has 1 aliphatic rings. The van der Waals surface area contributed by atoms with Crippen molar-refractivity contribution < 1.29 is 22.7 Å². The van der Waals surface area contributed by atoms with Gasteiger partial charge in [-0.25, -0.2) is 8.42 Å². The molecular formula is C24H23NO5S2. The predicted molar refractivity (Wildman–Crippen MR) is 125 cm³/mol. The normalized spacial score (nSPS) is 15.2. The van der Waals surface area contributed by atoms with Gasteiger partial charge in [0.05, 0.1) is 10.4 Å². The van der Waals surface area contributed by atoms with Crippen LogP contribution in [0.1, 0.15) is 45.9 Å². The molecule has 0 radical (unpaired) electrons. The lowest BCUT2D eigenvalue weighted by atomic mass is 9.74. The largest absolute Gasteiger partial charge is 0.457 e. The second-order valence-corrected chi connectivity index (χ2v) is 11.9. The molecule has 2 aromatic carbocycles. The van der Waals surface area contributed by atoms with Gasteiger partial charge in [0.1, 0.15) is 15.7 Å². The summed E-state index contributed by atoms with van der Waals surface area (Å²) in [5.41, 5.74) is 0.861. The number of para-hydroxylation sites is 1. The lowest BCUT2D eigenvalue weighted by molar-refractivity contribution is 0.0909.